The van der Waals surface area contributed by atoms with E-state index in [0.717, 1.165) is 6.26 Å². The highest BCUT2D eigenvalue weighted by atomic mass is 16.5. The molecule has 0 bridgehead atoms. The van der Waals surface area contributed by atoms with Crippen LogP contribution in [0.2, 0.25) is 0 Å². The van der Waals surface area contributed by atoms with E-state index in [-0.39, 0.29) is 5.97 Å². The van der Waals surface area contributed by atoms with E-state index in [1.54, 1.807) is 12.1 Å². The third-order valence-corrected chi connectivity index (χ3v) is 0.432. The second-order valence-electron chi connectivity index (χ2n) is 1.44. The molecule has 0 aromatic heterocycles. The fourth-order valence-corrected chi connectivity index (χ4v) is 0.117. The number of ether oxygens (including phenoxy) is 1. The number of rotatable bonds is 1. The number of carbonyl (C=O) groups excluding carboxylic acids is 1. The lowest BCUT2D eigenvalue weighted by Crippen LogP contribution is -1.87. The molecule has 0 saturated heterocycles. The molecule has 0 fully saturated rings. The fourth-order valence-electron chi connectivity index (χ4n) is 0.117. The first-order valence-electron chi connectivity index (χ1n) is 3.39. The number of hydrogen-bond acceptors (Lipinski definition) is 4. The Bertz CT molecular complexity index is 238. The zero-order valence-corrected chi connectivity index (χ0v) is 8.06. The van der Waals surface area contributed by atoms with Gasteiger partial charge in [0, 0.05) is 19.1 Å². The Morgan fingerprint density at radius 1 is 1.21 bits per heavy atom. The Balaban J connectivity index is -0.000000135. The van der Waals surface area contributed by atoms with Crippen molar-refractivity contribution >= 4 is 5.97 Å². The SMILES string of the molecule is C=CC#N.C=CC#N.C=COC(C)=O. The molecular formula is C10H12N2O2. The van der Waals surface area contributed by atoms with E-state index >= 15 is 0 Å². The molecule has 0 aliphatic heterocycles. The van der Waals surface area contributed by atoms with Crippen molar-refractivity contribution in [3.8, 4) is 12.1 Å². The summed E-state index contributed by atoms with van der Waals surface area (Å²) in [7, 11) is 0. The predicted molar refractivity (Wildman–Crippen MR) is 53.6 cm³/mol. The summed E-state index contributed by atoms with van der Waals surface area (Å²) in [5.74, 6) is -0.329. The Kier molecular flexibility index (Phi) is 28.3. The largest absolute Gasteiger partial charge is 0.435 e. The number of esters is 1. The van der Waals surface area contributed by atoms with Gasteiger partial charge in [-0.25, -0.2) is 0 Å². The lowest BCUT2D eigenvalue weighted by Gasteiger charge is -1.83. The second-order valence-corrected chi connectivity index (χ2v) is 1.44. The number of hydrogen-bond donors (Lipinski definition) is 0. The van der Waals surface area contributed by atoms with Crippen molar-refractivity contribution in [1.82, 2.24) is 0 Å². The molecule has 4 heteroatoms. The van der Waals surface area contributed by atoms with Gasteiger partial charge < -0.3 is 4.74 Å². The van der Waals surface area contributed by atoms with Crippen molar-refractivity contribution in [2.45, 2.75) is 6.92 Å². The Hall–Kier alpha value is -2.33. The fraction of sp³-hybridized carbons (Fsp3) is 0.100. The maximum Gasteiger partial charge on any atom is 0.307 e. The summed E-state index contributed by atoms with van der Waals surface area (Å²) in [6, 6.07) is 3.39. The lowest BCUT2D eigenvalue weighted by molar-refractivity contribution is -0.135. The summed E-state index contributed by atoms with van der Waals surface area (Å²) < 4.78 is 4.17. The molecule has 0 atom stereocenters. The minimum Gasteiger partial charge on any atom is -0.435 e. The number of nitrogens with zero attached hydrogens (tertiary/aromatic N) is 2. The summed E-state index contributed by atoms with van der Waals surface area (Å²) in [4.78, 5) is 9.75. The molecule has 0 heterocycles. The van der Waals surface area contributed by atoms with Gasteiger partial charge in [0.05, 0.1) is 18.4 Å². The minimum absolute atomic E-state index is 0.329. The summed E-state index contributed by atoms with van der Waals surface area (Å²) in [5, 5.41) is 15.0. The maximum atomic E-state index is 9.75. The highest BCUT2D eigenvalue weighted by molar-refractivity contribution is 5.66. The normalized spacial score (nSPS) is 5.07. The van der Waals surface area contributed by atoms with Crippen LogP contribution in [0.15, 0.2) is 38.2 Å². The van der Waals surface area contributed by atoms with Gasteiger partial charge >= 0.3 is 5.97 Å². The first kappa shape index (κ1) is 17.7. The maximum absolute atomic E-state index is 9.75. The summed E-state index contributed by atoms with van der Waals surface area (Å²) in [5.41, 5.74) is 0. The van der Waals surface area contributed by atoms with E-state index in [2.05, 4.69) is 24.5 Å². The van der Waals surface area contributed by atoms with Crippen LogP contribution in [-0.2, 0) is 9.53 Å². The minimum atomic E-state index is -0.329. The van der Waals surface area contributed by atoms with E-state index in [1.807, 2.05) is 0 Å². The molecule has 0 aromatic rings. The molecule has 0 aromatic carbocycles. The van der Waals surface area contributed by atoms with E-state index in [9.17, 15) is 4.79 Å². The van der Waals surface area contributed by atoms with Gasteiger partial charge in [-0.05, 0) is 0 Å². The summed E-state index contributed by atoms with van der Waals surface area (Å²) in [6.07, 6.45) is 3.46. The zero-order chi connectivity index (χ0) is 11.8. The molecule has 74 valence electrons. The smallest absolute Gasteiger partial charge is 0.307 e. The zero-order valence-electron chi connectivity index (χ0n) is 8.06. The van der Waals surface area contributed by atoms with Crippen LogP contribution < -0.4 is 0 Å². The third kappa shape index (κ3) is 102. The molecule has 0 aliphatic rings. The Morgan fingerprint density at radius 2 is 1.50 bits per heavy atom. The van der Waals surface area contributed by atoms with Crippen LogP contribution in [0.4, 0.5) is 0 Å². The Morgan fingerprint density at radius 3 is 1.50 bits per heavy atom. The highest BCUT2D eigenvalue weighted by Gasteiger charge is 1.79. The summed E-state index contributed by atoms with van der Waals surface area (Å²) >= 11 is 0. The molecule has 0 amide bonds. The van der Waals surface area contributed by atoms with E-state index in [4.69, 9.17) is 10.5 Å². The molecule has 0 aliphatic carbocycles. The lowest BCUT2D eigenvalue weighted by atomic mass is 10.8. The molecule has 0 N–H and O–H groups in total. The molecule has 14 heavy (non-hydrogen) atoms. The van der Waals surface area contributed by atoms with E-state index in [0.29, 0.717) is 0 Å². The quantitative estimate of drug-likeness (QED) is 0.362. The van der Waals surface area contributed by atoms with Gasteiger partial charge in [0.25, 0.3) is 0 Å². The molecule has 0 radical (unpaired) electrons. The van der Waals surface area contributed by atoms with Crippen molar-refractivity contribution in [2.24, 2.45) is 0 Å². The van der Waals surface area contributed by atoms with Crippen molar-refractivity contribution < 1.29 is 9.53 Å². The first-order valence-corrected chi connectivity index (χ1v) is 3.39. The van der Waals surface area contributed by atoms with Gasteiger partial charge in [-0.15, -0.1) is 0 Å². The van der Waals surface area contributed by atoms with Crippen molar-refractivity contribution in [3.05, 3.63) is 38.2 Å². The van der Waals surface area contributed by atoms with Gasteiger partial charge in [0.1, 0.15) is 0 Å². The number of carbonyl (C=O) groups is 1. The highest BCUT2D eigenvalue weighted by Crippen LogP contribution is 1.70. The average molecular weight is 192 g/mol. The number of allylic oxidation sites excluding steroid dienone is 2. The van der Waals surface area contributed by atoms with Crippen LogP contribution in [0.5, 0.6) is 0 Å². The molecule has 4 nitrogen and oxygen atoms in total. The third-order valence-electron chi connectivity index (χ3n) is 0.432. The van der Waals surface area contributed by atoms with Crippen LogP contribution in [0.3, 0.4) is 0 Å². The van der Waals surface area contributed by atoms with E-state index < -0.39 is 0 Å². The second kappa shape index (κ2) is 22.4. The van der Waals surface area contributed by atoms with Crippen LogP contribution in [-0.4, -0.2) is 5.97 Å². The van der Waals surface area contributed by atoms with E-state index in [1.165, 1.54) is 19.1 Å². The molecule has 0 unspecified atom stereocenters. The van der Waals surface area contributed by atoms with Crippen LogP contribution in [0, 0.1) is 22.7 Å². The molecule has 0 rings (SSSR count). The van der Waals surface area contributed by atoms with Gasteiger partial charge in [-0.3, -0.25) is 4.79 Å². The monoisotopic (exact) mass is 192 g/mol. The topological polar surface area (TPSA) is 73.9 Å². The van der Waals surface area contributed by atoms with Crippen molar-refractivity contribution in [3.63, 3.8) is 0 Å². The predicted octanol–water partition coefficient (Wildman–Crippen LogP) is 2.08. The molecule has 0 spiro atoms. The van der Waals surface area contributed by atoms with Crippen molar-refractivity contribution in [2.75, 3.05) is 0 Å². The van der Waals surface area contributed by atoms with Gasteiger partial charge in [-0.1, -0.05) is 19.7 Å². The van der Waals surface area contributed by atoms with Crippen LogP contribution in [0.1, 0.15) is 6.92 Å². The van der Waals surface area contributed by atoms with Gasteiger partial charge in [0.2, 0.25) is 0 Å². The standard InChI is InChI=1S/C4H6O2.2C3H3N/c1-3-6-4(2)5;2*1-2-3-4/h3H,1H2,2H3;2*2H,1H2. The summed E-state index contributed by atoms with van der Waals surface area (Å²) in [6.45, 7) is 10.7. The van der Waals surface area contributed by atoms with Crippen molar-refractivity contribution in [1.29, 1.82) is 10.5 Å². The number of nitriles is 2. The van der Waals surface area contributed by atoms with Crippen LogP contribution in [0.25, 0.3) is 0 Å². The first-order chi connectivity index (χ1) is 6.60. The Labute approximate surface area is 84.0 Å². The van der Waals surface area contributed by atoms with Gasteiger partial charge in [-0.2, -0.15) is 10.5 Å². The van der Waals surface area contributed by atoms with Crippen LogP contribution >= 0.6 is 0 Å². The molecular weight excluding hydrogens is 180 g/mol. The van der Waals surface area contributed by atoms with Gasteiger partial charge in [0.15, 0.2) is 0 Å². The molecule has 0 saturated carbocycles. The average Bonchev–Trinajstić information content (AvgIpc) is 2.18.